The van der Waals surface area contributed by atoms with Gasteiger partial charge in [-0.1, -0.05) is 24.3 Å². The minimum absolute atomic E-state index is 0.142. The highest BCUT2D eigenvalue weighted by Gasteiger charge is 2.00. The van der Waals surface area contributed by atoms with Crippen LogP contribution < -0.4 is 0 Å². The van der Waals surface area contributed by atoms with E-state index < -0.39 is 0 Å². The molecule has 1 aromatic carbocycles. The van der Waals surface area contributed by atoms with Gasteiger partial charge in [-0.15, -0.1) is 0 Å². The standard InChI is InChI=1S/C11H17NO/c1-12(2)8-7-10-5-3-4-6-11(10)9-13/h3-6,13H,7-9H2,1-2H3. The molecular formula is C11H17NO. The number of aliphatic hydroxyl groups excluding tert-OH is 1. The monoisotopic (exact) mass is 179 g/mol. The molecule has 0 amide bonds. The van der Waals surface area contributed by atoms with E-state index in [-0.39, 0.29) is 6.61 Å². The Kier molecular flexibility index (Phi) is 3.93. The van der Waals surface area contributed by atoms with E-state index in [1.165, 1.54) is 5.56 Å². The fourth-order valence-electron chi connectivity index (χ4n) is 1.30. The number of aliphatic hydroxyl groups is 1. The highest BCUT2D eigenvalue weighted by molar-refractivity contribution is 5.26. The second-order valence-corrected chi connectivity index (χ2v) is 3.48. The maximum Gasteiger partial charge on any atom is 0.0684 e. The fraction of sp³-hybridized carbons (Fsp3) is 0.455. The second kappa shape index (κ2) is 5.00. The van der Waals surface area contributed by atoms with Gasteiger partial charge in [-0.3, -0.25) is 0 Å². The van der Waals surface area contributed by atoms with Gasteiger partial charge >= 0.3 is 0 Å². The number of benzene rings is 1. The van der Waals surface area contributed by atoms with Crippen molar-refractivity contribution in [3.63, 3.8) is 0 Å². The first-order valence-corrected chi connectivity index (χ1v) is 4.56. The smallest absolute Gasteiger partial charge is 0.0684 e. The zero-order valence-electron chi connectivity index (χ0n) is 8.33. The highest BCUT2D eigenvalue weighted by Crippen LogP contribution is 2.09. The van der Waals surface area contributed by atoms with E-state index in [1.807, 2.05) is 18.2 Å². The van der Waals surface area contributed by atoms with Crippen LogP contribution >= 0.6 is 0 Å². The minimum atomic E-state index is 0.142. The molecule has 0 spiro atoms. The molecular weight excluding hydrogens is 162 g/mol. The van der Waals surface area contributed by atoms with Crippen LogP contribution in [-0.4, -0.2) is 30.6 Å². The summed E-state index contributed by atoms with van der Waals surface area (Å²) in [7, 11) is 4.11. The molecule has 0 aliphatic rings. The van der Waals surface area contributed by atoms with Crippen LogP contribution in [0.4, 0.5) is 0 Å². The van der Waals surface area contributed by atoms with Gasteiger partial charge in [-0.05, 0) is 31.6 Å². The number of hydrogen-bond donors (Lipinski definition) is 1. The second-order valence-electron chi connectivity index (χ2n) is 3.48. The van der Waals surface area contributed by atoms with Crippen LogP contribution in [0.2, 0.25) is 0 Å². The molecule has 0 aromatic heterocycles. The molecule has 0 bridgehead atoms. The zero-order chi connectivity index (χ0) is 9.68. The molecule has 0 unspecified atom stereocenters. The summed E-state index contributed by atoms with van der Waals surface area (Å²) in [4.78, 5) is 2.15. The van der Waals surface area contributed by atoms with Gasteiger partial charge in [0.05, 0.1) is 6.61 Å². The quantitative estimate of drug-likeness (QED) is 0.752. The van der Waals surface area contributed by atoms with E-state index in [0.717, 1.165) is 18.5 Å². The summed E-state index contributed by atoms with van der Waals surface area (Å²) in [6, 6.07) is 8.04. The maximum absolute atomic E-state index is 9.07. The first-order chi connectivity index (χ1) is 6.24. The van der Waals surface area contributed by atoms with E-state index in [9.17, 15) is 0 Å². The minimum Gasteiger partial charge on any atom is -0.392 e. The van der Waals surface area contributed by atoms with Crippen LogP contribution in [0.15, 0.2) is 24.3 Å². The lowest BCUT2D eigenvalue weighted by molar-refractivity contribution is 0.280. The molecule has 2 heteroatoms. The van der Waals surface area contributed by atoms with E-state index >= 15 is 0 Å². The Morgan fingerprint density at radius 1 is 1.15 bits per heavy atom. The van der Waals surface area contributed by atoms with Crippen molar-refractivity contribution in [3.8, 4) is 0 Å². The van der Waals surface area contributed by atoms with Crippen molar-refractivity contribution in [1.29, 1.82) is 0 Å². The molecule has 1 N–H and O–H groups in total. The van der Waals surface area contributed by atoms with Crippen molar-refractivity contribution in [1.82, 2.24) is 4.90 Å². The molecule has 0 heterocycles. The lowest BCUT2D eigenvalue weighted by Gasteiger charge is -2.11. The fourth-order valence-corrected chi connectivity index (χ4v) is 1.30. The predicted octanol–water partition coefficient (Wildman–Crippen LogP) is 1.28. The topological polar surface area (TPSA) is 23.5 Å². The van der Waals surface area contributed by atoms with Crippen molar-refractivity contribution in [2.24, 2.45) is 0 Å². The van der Waals surface area contributed by atoms with Crippen LogP contribution in [0.5, 0.6) is 0 Å². The highest BCUT2D eigenvalue weighted by atomic mass is 16.3. The number of hydrogen-bond acceptors (Lipinski definition) is 2. The van der Waals surface area contributed by atoms with Crippen LogP contribution in [-0.2, 0) is 13.0 Å². The molecule has 2 nitrogen and oxygen atoms in total. The van der Waals surface area contributed by atoms with Crippen molar-refractivity contribution in [3.05, 3.63) is 35.4 Å². The Morgan fingerprint density at radius 3 is 2.31 bits per heavy atom. The van der Waals surface area contributed by atoms with E-state index in [1.54, 1.807) is 0 Å². The molecule has 1 rings (SSSR count). The summed E-state index contributed by atoms with van der Waals surface area (Å²) in [6.45, 7) is 1.17. The van der Waals surface area contributed by atoms with Crippen molar-refractivity contribution >= 4 is 0 Å². The van der Waals surface area contributed by atoms with E-state index in [0.29, 0.717) is 0 Å². The third kappa shape index (κ3) is 3.17. The molecule has 0 fully saturated rings. The maximum atomic E-state index is 9.07. The Labute approximate surface area is 79.8 Å². The predicted molar refractivity (Wildman–Crippen MR) is 54.6 cm³/mol. The van der Waals surface area contributed by atoms with Gasteiger partial charge in [-0.25, -0.2) is 0 Å². The Hall–Kier alpha value is -0.860. The van der Waals surface area contributed by atoms with Crippen LogP contribution in [0, 0.1) is 0 Å². The number of likely N-dealkylation sites (N-methyl/N-ethyl adjacent to an activating group) is 1. The molecule has 0 saturated heterocycles. The summed E-state index contributed by atoms with van der Waals surface area (Å²) in [5.41, 5.74) is 2.29. The van der Waals surface area contributed by atoms with Gasteiger partial charge in [0, 0.05) is 6.54 Å². The Balaban J connectivity index is 2.64. The molecule has 0 saturated carbocycles. The lowest BCUT2D eigenvalue weighted by atomic mass is 10.1. The van der Waals surface area contributed by atoms with Gasteiger partial charge in [0.1, 0.15) is 0 Å². The average Bonchev–Trinajstić information content (AvgIpc) is 2.15. The average molecular weight is 179 g/mol. The van der Waals surface area contributed by atoms with E-state index in [2.05, 4.69) is 25.1 Å². The van der Waals surface area contributed by atoms with Gasteiger partial charge in [-0.2, -0.15) is 0 Å². The molecule has 0 aliphatic carbocycles. The largest absolute Gasteiger partial charge is 0.392 e. The normalized spacial score (nSPS) is 10.8. The molecule has 0 atom stereocenters. The molecule has 0 aliphatic heterocycles. The van der Waals surface area contributed by atoms with Crippen molar-refractivity contribution in [2.45, 2.75) is 13.0 Å². The first kappa shape index (κ1) is 10.2. The lowest BCUT2D eigenvalue weighted by Crippen LogP contribution is -2.15. The van der Waals surface area contributed by atoms with Crippen molar-refractivity contribution < 1.29 is 5.11 Å². The van der Waals surface area contributed by atoms with Crippen LogP contribution in [0.1, 0.15) is 11.1 Å². The van der Waals surface area contributed by atoms with E-state index in [4.69, 9.17) is 5.11 Å². The summed E-state index contributed by atoms with van der Waals surface area (Å²) in [5.74, 6) is 0. The van der Waals surface area contributed by atoms with Crippen LogP contribution in [0.3, 0.4) is 0 Å². The third-order valence-electron chi connectivity index (χ3n) is 2.12. The Morgan fingerprint density at radius 2 is 1.77 bits per heavy atom. The third-order valence-corrected chi connectivity index (χ3v) is 2.12. The first-order valence-electron chi connectivity index (χ1n) is 4.56. The molecule has 0 radical (unpaired) electrons. The number of nitrogens with zero attached hydrogens (tertiary/aromatic N) is 1. The van der Waals surface area contributed by atoms with Gasteiger partial charge < -0.3 is 10.0 Å². The van der Waals surface area contributed by atoms with Crippen LogP contribution in [0.25, 0.3) is 0 Å². The molecule has 1 aromatic rings. The molecule has 13 heavy (non-hydrogen) atoms. The summed E-state index contributed by atoms with van der Waals surface area (Å²) in [5, 5.41) is 9.07. The van der Waals surface area contributed by atoms with Crippen molar-refractivity contribution in [2.75, 3.05) is 20.6 Å². The number of rotatable bonds is 4. The SMILES string of the molecule is CN(C)CCc1ccccc1CO. The van der Waals surface area contributed by atoms with Gasteiger partial charge in [0.15, 0.2) is 0 Å². The van der Waals surface area contributed by atoms with Gasteiger partial charge in [0.25, 0.3) is 0 Å². The summed E-state index contributed by atoms with van der Waals surface area (Å²) in [6.07, 6.45) is 1.00. The molecule has 72 valence electrons. The summed E-state index contributed by atoms with van der Waals surface area (Å²) < 4.78 is 0. The zero-order valence-corrected chi connectivity index (χ0v) is 8.33. The summed E-state index contributed by atoms with van der Waals surface area (Å²) >= 11 is 0. The Bertz CT molecular complexity index is 258. The van der Waals surface area contributed by atoms with Gasteiger partial charge in [0.2, 0.25) is 0 Å².